The number of likely N-dealkylation sites (N-methyl/N-ethyl adjacent to an activating group) is 1. The highest BCUT2D eigenvalue weighted by molar-refractivity contribution is 6.31. The number of hydrogen-bond acceptors (Lipinski definition) is 7. The maximum atomic E-state index is 12.3. The van der Waals surface area contributed by atoms with Crippen molar-refractivity contribution in [2.75, 3.05) is 30.9 Å². The molecule has 0 spiro atoms. The minimum atomic E-state index is -1.02. The third-order valence-corrected chi connectivity index (χ3v) is 3.91. The Hall–Kier alpha value is -2.58. The second-order valence-electron chi connectivity index (χ2n) is 5.54. The Bertz CT molecular complexity index is 817. The van der Waals surface area contributed by atoms with Crippen molar-refractivity contribution in [1.29, 1.82) is 0 Å². The fourth-order valence-corrected chi connectivity index (χ4v) is 2.36. The number of nitrogens with one attached hydrogen (secondary N) is 1. The Morgan fingerprint density at radius 2 is 1.96 bits per heavy atom. The van der Waals surface area contributed by atoms with Gasteiger partial charge in [-0.25, -0.2) is 0 Å². The number of ether oxygens (including phenoxy) is 2. The standard InChI is InChI=1S/C17H18Cl2N4O4/c1-10(17(25)20-12-8-11(18)4-5-13(12)26-3)27-16(24)9-23(2)15-7-6-14(19)21-22-15/h4-8,10H,9H2,1-3H3,(H,20,25). The third-order valence-electron chi connectivity index (χ3n) is 3.47. The van der Waals surface area contributed by atoms with Crippen LogP contribution >= 0.6 is 23.2 Å². The number of aromatic nitrogens is 2. The number of halogens is 2. The summed E-state index contributed by atoms with van der Waals surface area (Å²) in [7, 11) is 3.11. The van der Waals surface area contributed by atoms with E-state index in [0.717, 1.165) is 0 Å². The van der Waals surface area contributed by atoms with Gasteiger partial charge in [0.2, 0.25) is 0 Å². The Balaban J connectivity index is 1.92. The summed E-state index contributed by atoms with van der Waals surface area (Å²) in [6.07, 6.45) is -1.02. The molecule has 1 heterocycles. The highest BCUT2D eigenvalue weighted by Crippen LogP contribution is 2.27. The first-order valence-electron chi connectivity index (χ1n) is 7.84. The molecule has 27 heavy (non-hydrogen) atoms. The van der Waals surface area contributed by atoms with Gasteiger partial charge in [0.25, 0.3) is 5.91 Å². The van der Waals surface area contributed by atoms with Crippen molar-refractivity contribution in [2.45, 2.75) is 13.0 Å². The molecule has 8 nitrogen and oxygen atoms in total. The van der Waals surface area contributed by atoms with E-state index >= 15 is 0 Å². The maximum Gasteiger partial charge on any atom is 0.326 e. The minimum absolute atomic E-state index is 0.117. The van der Waals surface area contributed by atoms with E-state index in [1.165, 1.54) is 18.9 Å². The van der Waals surface area contributed by atoms with Crippen molar-refractivity contribution in [1.82, 2.24) is 10.2 Å². The van der Waals surface area contributed by atoms with Crippen LogP contribution in [0, 0.1) is 0 Å². The molecule has 2 rings (SSSR count). The average molecular weight is 413 g/mol. The van der Waals surface area contributed by atoms with Crippen molar-refractivity contribution >= 4 is 46.6 Å². The molecule has 10 heteroatoms. The van der Waals surface area contributed by atoms with Crippen molar-refractivity contribution < 1.29 is 19.1 Å². The molecule has 0 saturated carbocycles. The van der Waals surface area contributed by atoms with Crippen LogP contribution in [0.4, 0.5) is 11.5 Å². The molecule has 1 unspecified atom stereocenters. The molecular formula is C17H18Cl2N4O4. The predicted molar refractivity (Wildman–Crippen MR) is 102 cm³/mol. The molecule has 0 aliphatic carbocycles. The Labute approximate surface area is 166 Å². The minimum Gasteiger partial charge on any atom is -0.495 e. The monoisotopic (exact) mass is 412 g/mol. The summed E-state index contributed by atoms with van der Waals surface area (Å²) in [5.41, 5.74) is 0.381. The van der Waals surface area contributed by atoms with E-state index in [2.05, 4.69) is 15.5 Å². The molecule has 0 saturated heterocycles. The number of hydrogen-bond donors (Lipinski definition) is 1. The number of methoxy groups -OCH3 is 1. The summed E-state index contributed by atoms with van der Waals surface area (Å²) in [5.74, 6) is -0.239. The van der Waals surface area contributed by atoms with Gasteiger partial charge < -0.3 is 19.7 Å². The Morgan fingerprint density at radius 3 is 2.59 bits per heavy atom. The smallest absolute Gasteiger partial charge is 0.326 e. The highest BCUT2D eigenvalue weighted by atomic mass is 35.5. The van der Waals surface area contributed by atoms with Gasteiger partial charge in [-0.05, 0) is 37.3 Å². The summed E-state index contributed by atoms with van der Waals surface area (Å²) in [6, 6.07) is 7.97. The van der Waals surface area contributed by atoms with E-state index in [-0.39, 0.29) is 11.7 Å². The van der Waals surface area contributed by atoms with E-state index < -0.39 is 18.0 Å². The van der Waals surface area contributed by atoms with E-state index in [9.17, 15) is 9.59 Å². The molecule has 0 fully saturated rings. The molecule has 0 radical (unpaired) electrons. The first-order chi connectivity index (χ1) is 12.8. The molecule has 144 valence electrons. The molecule has 0 bridgehead atoms. The van der Waals surface area contributed by atoms with Crippen LogP contribution in [0.3, 0.4) is 0 Å². The number of benzene rings is 1. The Kier molecular flexibility index (Phi) is 7.20. The van der Waals surface area contributed by atoms with Gasteiger partial charge in [0, 0.05) is 12.1 Å². The third kappa shape index (κ3) is 5.97. The van der Waals surface area contributed by atoms with Crippen molar-refractivity contribution in [3.63, 3.8) is 0 Å². The van der Waals surface area contributed by atoms with Gasteiger partial charge in [0.05, 0.1) is 12.8 Å². The highest BCUT2D eigenvalue weighted by Gasteiger charge is 2.20. The second-order valence-corrected chi connectivity index (χ2v) is 6.36. The Morgan fingerprint density at radius 1 is 1.22 bits per heavy atom. The molecule has 0 aliphatic rings. The lowest BCUT2D eigenvalue weighted by atomic mass is 10.2. The number of carbonyl (C=O) groups excluding carboxylic acids is 2. The summed E-state index contributed by atoms with van der Waals surface area (Å²) in [5, 5.41) is 10.9. The zero-order valence-electron chi connectivity index (χ0n) is 14.9. The van der Waals surface area contributed by atoms with Crippen LogP contribution in [-0.2, 0) is 14.3 Å². The first kappa shape index (κ1) is 20.7. The molecule has 1 N–H and O–H groups in total. The van der Waals surface area contributed by atoms with E-state index in [0.29, 0.717) is 22.3 Å². The lowest BCUT2D eigenvalue weighted by Crippen LogP contribution is -2.35. The summed E-state index contributed by atoms with van der Waals surface area (Å²) >= 11 is 11.6. The van der Waals surface area contributed by atoms with Crippen LogP contribution in [0.15, 0.2) is 30.3 Å². The number of amides is 1. The number of carbonyl (C=O) groups is 2. The van der Waals surface area contributed by atoms with Crippen LogP contribution in [0.2, 0.25) is 10.2 Å². The fourth-order valence-electron chi connectivity index (χ4n) is 2.09. The number of nitrogens with zero attached hydrogens (tertiary/aromatic N) is 3. The van der Waals surface area contributed by atoms with Gasteiger partial charge in [-0.15, -0.1) is 10.2 Å². The summed E-state index contributed by atoms with van der Waals surface area (Å²) in [6.45, 7) is 1.35. The zero-order valence-corrected chi connectivity index (χ0v) is 16.4. The normalized spacial score (nSPS) is 11.4. The summed E-state index contributed by atoms with van der Waals surface area (Å²) < 4.78 is 10.3. The van der Waals surface area contributed by atoms with Crippen LogP contribution in [0.1, 0.15) is 6.92 Å². The topological polar surface area (TPSA) is 93.6 Å². The van der Waals surface area contributed by atoms with Gasteiger partial charge in [0.15, 0.2) is 17.1 Å². The molecule has 1 atom stereocenters. The van der Waals surface area contributed by atoms with E-state index in [1.54, 1.807) is 37.4 Å². The second kappa shape index (κ2) is 9.38. The number of anilines is 2. The largest absolute Gasteiger partial charge is 0.495 e. The molecule has 1 amide bonds. The fraction of sp³-hybridized carbons (Fsp3) is 0.294. The van der Waals surface area contributed by atoms with Crippen LogP contribution in [-0.4, -0.2) is 48.9 Å². The van der Waals surface area contributed by atoms with Gasteiger partial charge in [-0.3, -0.25) is 9.59 Å². The predicted octanol–water partition coefficient (Wildman–Crippen LogP) is 2.80. The lowest BCUT2D eigenvalue weighted by molar-refractivity contribution is -0.151. The molecule has 1 aromatic heterocycles. The maximum absolute atomic E-state index is 12.3. The van der Waals surface area contributed by atoms with E-state index in [4.69, 9.17) is 32.7 Å². The van der Waals surface area contributed by atoms with Crippen LogP contribution in [0.5, 0.6) is 5.75 Å². The van der Waals surface area contributed by atoms with Gasteiger partial charge in [0.1, 0.15) is 12.3 Å². The number of rotatable bonds is 7. The average Bonchev–Trinajstić information content (AvgIpc) is 2.62. The van der Waals surface area contributed by atoms with Crippen molar-refractivity contribution in [2.24, 2.45) is 0 Å². The van der Waals surface area contributed by atoms with Gasteiger partial charge >= 0.3 is 5.97 Å². The number of esters is 1. The molecule has 2 aromatic rings. The van der Waals surface area contributed by atoms with Gasteiger partial charge in [-0.1, -0.05) is 23.2 Å². The molecular weight excluding hydrogens is 395 g/mol. The van der Waals surface area contributed by atoms with Gasteiger partial charge in [-0.2, -0.15) is 0 Å². The lowest BCUT2D eigenvalue weighted by Gasteiger charge is -2.19. The quantitative estimate of drug-likeness (QED) is 0.698. The van der Waals surface area contributed by atoms with Crippen molar-refractivity contribution in [3.8, 4) is 5.75 Å². The first-order valence-corrected chi connectivity index (χ1v) is 8.60. The molecule has 0 aliphatic heterocycles. The zero-order chi connectivity index (χ0) is 20.0. The van der Waals surface area contributed by atoms with Crippen LogP contribution < -0.4 is 15.0 Å². The van der Waals surface area contributed by atoms with E-state index in [1.807, 2.05) is 0 Å². The van der Waals surface area contributed by atoms with Crippen LogP contribution in [0.25, 0.3) is 0 Å². The summed E-state index contributed by atoms with van der Waals surface area (Å²) in [4.78, 5) is 25.9. The molecule has 1 aromatic carbocycles. The van der Waals surface area contributed by atoms with Crippen molar-refractivity contribution in [3.05, 3.63) is 40.5 Å². The SMILES string of the molecule is COc1ccc(Cl)cc1NC(=O)C(C)OC(=O)CN(C)c1ccc(Cl)nn1.